The summed E-state index contributed by atoms with van der Waals surface area (Å²) in [7, 11) is 1.68. The molecule has 2 aromatic rings. The summed E-state index contributed by atoms with van der Waals surface area (Å²) in [5.74, 6) is 1.65. The first-order valence-corrected chi connectivity index (χ1v) is 6.82. The molecule has 4 nitrogen and oxygen atoms in total. The molecule has 0 aliphatic heterocycles. The van der Waals surface area contributed by atoms with Gasteiger partial charge in [0.1, 0.15) is 11.6 Å². The van der Waals surface area contributed by atoms with Gasteiger partial charge in [0.2, 0.25) is 0 Å². The lowest BCUT2D eigenvalue weighted by Crippen LogP contribution is -2.22. The molecule has 0 spiro atoms. The molecule has 2 N–H and O–H groups in total. The first-order chi connectivity index (χ1) is 9.51. The maximum Gasteiger partial charge on any atom is 0.149 e. The number of methoxy groups -OCH3 is 1. The Hall–Kier alpha value is -1.94. The van der Waals surface area contributed by atoms with Gasteiger partial charge in [-0.2, -0.15) is 0 Å². The molecule has 1 aliphatic carbocycles. The lowest BCUT2D eigenvalue weighted by molar-refractivity contribution is 0.412. The van der Waals surface area contributed by atoms with Crippen LogP contribution in [0.5, 0.6) is 5.75 Å². The zero-order valence-corrected chi connectivity index (χ0v) is 12.1. The van der Waals surface area contributed by atoms with Crippen molar-refractivity contribution in [3.8, 4) is 17.0 Å². The van der Waals surface area contributed by atoms with Gasteiger partial charge in [0.05, 0.1) is 18.3 Å². The van der Waals surface area contributed by atoms with Gasteiger partial charge in [0.25, 0.3) is 0 Å². The van der Waals surface area contributed by atoms with E-state index in [1.165, 1.54) is 0 Å². The number of nitrogens with two attached hydrogens (primary N) is 1. The minimum absolute atomic E-state index is 0.303. The first kappa shape index (κ1) is 13.1. The molecule has 0 saturated heterocycles. The molecule has 0 amide bonds. The number of hydrogen-bond acceptors (Lipinski definition) is 4. The monoisotopic (exact) mass is 269 g/mol. The lowest BCUT2D eigenvalue weighted by Gasteiger charge is -2.12. The number of hydrogen-bond donors (Lipinski definition) is 1. The van der Waals surface area contributed by atoms with E-state index >= 15 is 0 Å². The van der Waals surface area contributed by atoms with Crippen molar-refractivity contribution in [2.24, 2.45) is 5.73 Å². The fourth-order valence-corrected chi connectivity index (χ4v) is 2.34. The van der Waals surface area contributed by atoms with Gasteiger partial charge in [0.15, 0.2) is 0 Å². The van der Waals surface area contributed by atoms with Crippen molar-refractivity contribution in [3.05, 3.63) is 41.3 Å². The molecule has 1 fully saturated rings. The fraction of sp³-hybridized carbons (Fsp3) is 0.375. The smallest absolute Gasteiger partial charge is 0.149 e. The van der Waals surface area contributed by atoms with Crippen molar-refractivity contribution in [1.82, 2.24) is 9.97 Å². The van der Waals surface area contributed by atoms with E-state index in [-0.39, 0.29) is 5.54 Å². The molecule has 4 heteroatoms. The van der Waals surface area contributed by atoms with E-state index < -0.39 is 0 Å². The average molecular weight is 269 g/mol. The molecule has 1 heterocycles. The highest BCUT2D eigenvalue weighted by Gasteiger charge is 2.43. The summed E-state index contributed by atoms with van der Waals surface area (Å²) in [5.41, 5.74) is 9.95. The van der Waals surface area contributed by atoms with E-state index in [1.54, 1.807) is 7.11 Å². The topological polar surface area (TPSA) is 61.0 Å². The third-order valence-electron chi connectivity index (χ3n) is 3.78. The third kappa shape index (κ3) is 2.27. The molecule has 0 unspecified atom stereocenters. The molecular weight excluding hydrogens is 250 g/mol. The highest BCUT2D eigenvalue weighted by molar-refractivity contribution is 5.62. The van der Waals surface area contributed by atoms with Gasteiger partial charge in [-0.05, 0) is 56.5 Å². The molecule has 1 saturated carbocycles. The quantitative estimate of drug-likeness (QED) is 0.930. The van der Waals surface area contributed by atoms with Gasteiger partial charge in [-0.1, -0.05) is 0 Å². The van der Waals surface area contributed by atoms with Crippen molar-refractivity contribution >= 4 is 0 Å². The summed E-state index contributed by atoms with van der Waals surface area (Å²) < 4.78 is 5.29. The van der Waals surface area contributed by atoms with Crippen molar-refractivity contribution in [3.63, 3.8) is 0 Å². The minimum atomic E-state index is -0.303. The molecule has 1 aliphatic rings. The van der Waals surface area contributed by atoms with Gasteiger partial charge in [-0.3, -0.25) is 0 Å². The summed E-state index contributed by atoms with van der Waals surface area (Å²) >= 11 is 0. The summed E-state index contributed by atoms with van der Waals surface area (Å²) in [6.45, 7) is 4.01. The largest absolute Gasteiger partial charge is 0.496 e. The summed E-state index contributed by atoms with van der Waals surface area (Å²) in [6.07, 6.45) is 1.94. The Labute approximate surface area is 119 Å². The van der Waals surface area contributed by atoms with Gasteiger partial charge in [-0.15, -0.1) is 0 Å². The Bertz CT molecular complexity index is 663. The van der Waals surface area contributed by atoms with Crippen LogP contribution in [0, 0.1) is 13.8 Å². The van der Waals surface area contributed by atoms with E-state index in [4.69, 9.17) is 10.5 Å². The van der Waals surface area contributed by atoms with Crippen LogP contribution < -0.4 is 10.5 Å². The predicted octanol–water partition coefficient (Wildman–Crippen LogP) is 2.72. The SMILES string of the molecule is COc1ccc(-c2cc(C)nc(C3(N)CC3)n2)cc1C. The zero-order valence-electron chi connectivity index (χ0n) is 12.1. The maximum absolute atomic E-state index is 6.21. The highest BCUT2D eigenvalue weighted by atomic mass is 16.5. The second-order valence-corrected chi connectivity index (χ2v) is 5.56. The number of aromatic nitrogens is 2. The van der Waals surface area contributed by atoms with E-state index in [9.17, 15) is 0 Å². The zero-order chi connectivity index (χ0) is 14.3. The van der Waals surface area contributed by atoms with Crippen molar-refractivity contribution < 1.29 is 4.74 Å². The molecule has 1 aromatic heterocycles. The third-order valence-corrected chi connectivity index (χ3v) is 3.78. The second kappa shape index (κ2) is 4.56. The molecule has 0 bridgehead atoms. The molecule has 1 aromatic carbocycles. The fourth-order valence-electron chi connectivity index (χ4n) is 2.34. The van der Waals surface area contributed by atoms with E-state index in [0.29, 0.717) is 0 Å². The van der Waals surface area contributed by atoms with E-state index in [0.717, 1.165) is 46.9 Å². The number of benzene rings is 1. The summed E-state index contributed by atoms with van der Waals surface area (Å²) in [6, 6.07) is 8.07. The van der Waals surface area contributed by atoms with Crippen LogP contribution in [0.25, 0.3) is 11.3 Å². The van der Waals surface area contributed by atoms with Gasteiger partial charge < -0.3 is 10.5 Å². The Morgan fingerprint density at radius 1 is 1.15 bits per heavy atom. The van der Waals surface area contributed by atoms with Crippen LogP contribution in [-0.4, -0.2) is 17.1 Å². The Kier molecular flexibility index (Phi) is 2.98. The number of rotatable bonds is 3. The standard InChI is InChI=1S/C16H19N3O/c1-10-8-12(4-5-14(10)20-3)13-9-11(2)18-15(19-13)16(17)6-7-16/h4-5,8-9H,6-7,17H2,1-3H3. The highest BCUT2D eigenvalue weighted by Crippen LogP contribution is 2.41. The summed E-state index contributed by atoms with van der Waals surface area (Å²) in [5, 5.41) is 0. The molecule has 0 atom stereocenters. The van der Waals surface area contributed by atoms with Crippen LogP contribution in [-0.2, 0) is 5.54 Å². The number of ether oxygens (including phenoxy) is 1. The van der Waals surface area contributed by atoms with Crippen molar-refractivity contribution in [2.45, 2.75) is 32.2 Å². The van der Waals surface area contributed by atoms with Crippen LogP contribution in [0.2, 0.25) is 0 Å². The van der Waals surface area contributed by atoms with Gasteiger partial charge in [-0.25, -0.2) is 9.97 Å². The van der Waals surface area contributed by atoms with Gasteiger partial charge in [0, 0.05) is 11.3 Å². The van der Waals surface area contributed by atoms with Crippen LogP contribution in [0.3, 0.4) is 0 Å². The minimum Gasteiger partial charge on any atom is -0.496 e. The molecule has 104 valence electrons. The van der Waals surface area contributed by atoms with Crippen LogP contribution in [0.1, 0.15) is 29.9 Å². The Balaban J connectivity index is 2.05. The molecule has 3 rings (SSSR count). The molecular formula is C16H19N3O. The number of aryl methyl sites for hydroxylation is 2. The van der Waals surface area contributed by atoms with Crippen LogP contribution in [0.4, 0.5) is 0 Å². The van der Waals surface area contributed by atoms with E-state index in [1.807, 2.05) is 32.0 Å². The van der Waals surface area contributed by atoms with Crippen molar-refractivity contribution in [2.75, 3.05) is 7.11 Å². The number of nitrogens with zero attached hydrogens (tertiary/aromatic N) is 2. The second-order valence-electron chi connectivity index (χ2n) is 5.56. The molecule has 0 radical (unpaired) electrons. The summed E-state index contributed by atoms with van der Waals surface area (Å²) in [4.78, 5) is 9.15. The van der Waals surface area contributed by atoms with Crippen molar-refractivity contribution in [1.29, 1.82) is 0 Å². The normalized spacial score (nSPS) is 16.0. The Morgan fingerprint density at radius 3 is 2.50 bits per heavy atom. The van der Waals surface area contributed by atoms with E-state index in [2.05, 4.69) is 16.0 Å². The van der Waals surface area contributed by atoms with Crippen LogP contribution >= 0.6 is 0 Å². The average Bonchev–Trinajstić information content (AvgIpc) is 3.17. The maximum atomic E-state index is 6.21. The lowest BCUT2D eigenvalue weighted by atomic mass is 10.1. The van der Waals surface area contributed by atoms with Gasteiger partial charge >= 0.3 is 0 Å². The molecule has 20 heavy (non-hydrogen) atoms. The first-order valence-electron chi connectivity index (χ1n) is 6.82. The Morgan fingerprint density at radius 2 is 1.90 bits per heavy atom. The van der Waals surface area contributed by atoms with Crippen LogP contribution in [0.15, 0.2) is 24.3 Å². The predicted molar refractivity (Wildman–Crippen MR) is 78.6 cm³/mol.